The zero-order chi connectivity index (χ0) is 23.6. The summed E-state index contributed by atoms with van der Waals surface area (Å²) < 4.78 is -0.00450. The fourth-order valence-electron chi connectivity index (χ4n) is 4.86. The molecule has 0 bridgehead atoms. The van der Waals surface area contributed by atoms with Crippen LogP contribution in [-0.4, -0.2) is 24.8 Å². The Labute approximate surface area is 204 Å². The van der Waals surface area contributed by atoms with Crippen LogP contribution >= 0.6 is 0 Å². The quantitative estimate of drug-likeness (QED) is 0.0688. The van der Waals surface area contributed by atoms with Crippen LogP contribution < -0.4 is 0 Å². The van der Waals surface area contributed by atoms with E-state index in [1.165, 1.54) is 148 Å². The Balaban J connectivity index is 3.27. The molecule has 0 heterocycles. The topological polar surface area (TPSA) is 23.1 Å². The Kier molecular flexibility index (Phi) is 25.5. The average Bonchev–Trinajstić information content (AvgIpc) is 2.77. The predicted molar refractivity (Wildman–Crippen MR) is 146 cm³/mol. The maximum Gasteiger partial charge on any atom is 0.0781 e. The minimum Gasteiger partial charge on any atom is -0.633 e. The average molecular weight is 454 g/mol. The van der Waals surface area contributed by atoms with Gasteiger partial charge < -0.3 is 9.85 Å². The highest BCUT2D eigenvalue weighted by molar-refractivity contribution is 4.51. The lowest BCUT2D eigenvalue weighted by Crippen LogP contribution is -2.39. The van der Waals surface area contributed by atoms with Crippen molar-refractivity contribution in [1.82, 2.24) is 0 Å². The van der Waals surface area contributed by atoms with Gasteiger partial charge in [0.15, 0.2) is 0 Å². The van der Waals surface area contributed by atoms with Gasteiger partial charge in [0.05, 0.1) is 20.1 Å². The second-order valence-corrected chi connectivity index (χ2v) is 10.9. The van der Waals surface area contributed by atoms with Gasteiger partial charge in [0.25, 0.3) is 0 Å². The molecule has 32 heavy (non-hydrogen) atoms. The van der Waals surface area contributed by atoms with E-state index in [0.717, 1.165) is 25.9 Å². The molecule has 0 amide bonds. The minimum atomic E-state index is -0.00450. The van der Waals surface area contributed by atoms with E-state index in [1.807, 2.05) is 7.05 Å². The van der Waals surface area contributed by atoms with Crippen LogP contribution in [0.4, 0.5) is 0 Å². The molecule has 0 rings (SSSR count). The van der Waals surface area contributed by atoms with Crippen LogP contribution in [-0.2, 0) is 0 Å². The molecule has 0 saturated heterocycles. The number of hydroxylamine groups is 3. The molecule has 0 aromatic heterocycles. The molecule has 0 spiro atoms. The first kappa shape index (κ1) is 31.9. The molecule has 0 saturated carbocycles. The number of hydrogen-bond donors (Lipinski definition) is 0. The van der Waals surface area contributed by atoms with E-state index in [0.29, 0.717) is 0 Å². The van der Waals surface area contributed by atoms with Crippen molar-refractivity contribution in [3.8, 4) is 0 Å². The molecular formula is C30H63NO. The molecule has 2 heteroatoms. The highest BCUT2D eigenvalue weighted by Gasteiger charge is 2.09. The van der Waals surface area contributed by atoms with Gasteiger partial charge in [-0.1, -0.05) is 149 Å². The van der Waals surface area contributed by atoms with Crippen molar-refractivity contribution in [2.45, 2.75) is 174 Å². The van der Waals surface area contributed by atoms with Crippen molar-refractivity contribution in [2.24, 2.45) is 0 Å². The molecule has 1 unspecified atom stereocenters. The fraction of sp³-hybridized carbons (Fsp3) is 1.00. The number of unbranched alkanes of at least 4 members (excludes halogenated alkanes) is 23. The molecule has 2 nitrogen and oxygen atoms in total. The molecule has 0 aromatic carbocycles. The lowest BCUT2D eigenvalue weighted by molar-refractivity contribution is -0.861. The van der Waals surface area contributed by atoms with E-state index < -0.39 is 0 Å². The van der Waals surface area contributed by atoms with Gasteiger partial charge in [0.1, 0.15) is 0 Å². The smallest absolute Gasteiger partial charge is 0.0781 e. The zero-order valence-electron chi connectivity index (χ0n) is 22.9. The van der Waals surface area contributed by atoms with Crippen molar-refractivity contribution in [1.29, 1.82) is 0 Å². The number of quaternary nitrogens is 1. The lowest BCUT2D eigenvalue weighted by atomic mass is 10.0. The van der Waals surface area contributed by atoms with Crippen LogP contribution in [0.1, 0.15) is 174 Å². The van der Waals surface area contributed by atoms with Gasteiger partial charge in [-0.15, -0.1) is 0 Å². The van der Waals surface area contributed by atoms with Gasteiger partial charge in [0, 0.05) is 0 Å². The van der Waals surface area contributed by atoms with Gasteiger partial charge in [-0.2, -0.15) is 0 Å². The van der Waals surface area contributed by atoms with Crippen molar-refractivity contribution < 1.29 is 4.65 Å². The summed E-state index contributed by atoms with van der Waals surface area (Å²) in [4.78, 5) is 0. The molecule has 194 valence electrons. The Morgan fingerprint density at radius 1 is 0.344 bits per heavy atom. The summed E-state index contributed by atoms with van der Waals surface area (Å²) in [6.07, 6.45) is 34.3. The van der Waals surface area contributed by atoms with Gasteiger partial charge in [-0.3, -0.25) is 0 Å². The van der Waals surface area contributed by atoms with Crippen molar-refractivity contribution >= 4 is 0 Å². The molecule has 1 atom stereocenters. The summed E-state index contributed by atoms with van der Waals surface area (Å²) in [6.45, 7) is 6.23. The third-order valence-corrected chi connectivity index (χ3v) is 7.22. The Morgan fingerprint density at radius 3 is 0.750 bits per heavy atom. The zero-order valence-corrected chi connectivity index (χ0v) is 22.9. The van der Waals surface area contributed by atoms with Gasteiger partial charge in [-0.25, -0.2) is 0 Å². The second kappa shape index (κ2) is 25.5. The first-order valence-corrected chi connectivity index (χ1v) is 15.2. The third-order valence-electron chi connectivity index (χ3n) is 7.22. The van der Waals surface area contributed by atoms with Crippen LogP contribution in [0, 0.1) is 5.21 Å². The van der Waals surface area contributed by atoms with E-state index in [4.69, 9.17) is 0 Å². The standard InChI is InChI=1S/C30H63NO/c1-4-6-8-10-12-14-16-17-18-19-20-22-24-26-28-30-31(3,32)29-27-25-23-21-15-13-11-9-7-5-2/h4-30H2,1-3H3. The van der Waals surface area contributed by atoms with E-state index in [2.05, 4.69) is 13.8 Å². The predicted octanol–water partition coefficient (Wildman–Crippen LogP) is 10.7. The normalized spacial score (nSPS) is 13.5. The van der Waals surface area contributed by atoms with Gasteiger partial charge >= 0.3 is 0 Å². The maximum absolute atomic E-state index is 12.6. The van der Waals surface area contributed by atoms with E-state index >= 15 is 0 Å². The minimum absolute atomic E-state index is 0.00450. The summed E-state index contributed by atoms with van der Waals surface area (Å²) in [5.74, 6) is 0. The monoisotopic (exact) mass is 453 g/mol. The van der Waals surface area contributed by atoms with Crippen LogP contribution in [0.3, 0.4) is 0 Å². The van der Waals surface area contributed by atoms with Crippen LogP contribution in [0.2, 0.25) is 0 Å². The number of hydrogen-bond acceptors (Lipinski definition) is 1. The number of rotatable bonds is 27. The highest BCUT2D eigenvalue weighted by atomic mass is 16.5. The largest absolute Gasteiger partial charge is 0.633 e. The molecule has 0 N–H and O–H groups in total. The summed E-state index contributed by atoms with van der Waals surface area (Å²) in [7, 11) is 1.90. The summed E-state index contributed by atoms with van der Waals surface area (Å²) >= 11 is 0. The Bertz CT molecular complexity index is 342. The summed E-state index contributed by atoms with van der Waals surface area (Å²) in [5.41, 5.74) is 0. The van der Waals surface area contributed by atoms with Crippen LogP contribution in [0.15, 0.2) is 0 Å². The third kappa shape index (κ3) is 26.2. The van der Waals surface area contributed by atoms with Crippen molar-refractivity contribution in [3.05, 3.63) is 5.21 Å². The molecule has 0 fully saturated rings. The van der Waals surface area contributed by atoms with E-state index in [-0.39, 0.29) is 4.65 Å². The van der Waals surface area contributed by atoms with Crippen molar-refractivity contribution in [2.75, 3.05) is 20.1 Å². The number of nitrogens with zero attached hydrogens (tertiary/aromatic N) is 1. The Hall–Kier alpha value is -0.0800. The lowest BCUT2D eigenvalue weighted by Gasteiger charge is -2.39. The van der Waals surface area contributed by atoms with Crippen LogP contribution in [0.5, 0.6) is 0 Å². The fourth-order valence-corrected chi connectivity index (χ4v) is 4.86. The Morgan fingerprint density at radius 2 is 0.531 bits per heavy atom. The molecule has 0 aromatic rings. The molecular weight excluding hydrogens is 390 g/mol. The van der Waals surface area contributed by atoms with Crippen molar-refractivity contribution in [3.63, 3.8) is 0 Å². The first-order chi connectivity index (χ1) is 15.6. The first-order valence-electron chi connectivity index (χ1n) is 15.2. The SMILES string of the molecule is CCCCCCCCCCCCCCCCC[N+](C)([O-])CCCCCCCCCCCC. The van der Waals surface area contributed by atoms with Crippen LogP contribution in [0.25, 0.3) is 0 Å². The molecule has 0 radical (unpaired) electrons. The van der Waals surface area contributed by atoms with E-state index in [1.54, 1.807) is 0 Å². The molecule has 0 aliphatic heterocycles. The highest BCUT2D eigenvalue weighted by Crippen LogP contribution is 2.15. The van der Waals surface area contributed by atoms with Gasteiger partial charge in [-0.05, 0) is 25.7 Å². The summed E-state index contributed by atoms with van der Waals surface area (Å²) in [5, 5.41) is 12.6. The molecule has 0 aliphatic rings. The maximum atomic E-state index is 12.6. The summed E-state index contributed by atoms with van der Waals surface area (Å²) in [6, 6.07) is 0. The van der Waals surface area contributed by atoms with Gasteiger partial charge in [0.2, 0.25) is 0 Å². The second-order valence-electron chi connectivity index (χ2n) is 10.9. The molecule has 0 aliphatic carbocycles. The van der Waals surface area contributed by atoms with E-state index in [9.17, 15) is 5.21 Å².